The van der Waals surface area contributed by atoms with Crippen molar-refractivity contribution < 1.29 is 38.1 Å². The monoisotopic (exact) mass is 782 g/mol. The first-order chi connectivity index (χ1) is 22.4. The van der Waals surface area contributed by atoms with E-state index < -0.39 is 46.5 Å². The Hall–Kier alpha value is -1.94. The second-order valence-electron chi connectivity index (χ2n) is 13.1. The van der Waals surface area contributed by atoms with Crippen molar-refractivity contribution in [1.29, 1.82) is 0 Å². The van der Waals surface area contributed by atoms with Gasteiger partial charge in [0.2, 0.25) is 0 Å². The number of esters is 4. The molecule has 0 spiro atoms. The molecule has 4 rings (SSSR count). The number of carbonyl (C=O) groups is 4. The molecule has 2 fully saturated rings. The van der Waals surface area contributed by atoms with Gasteiger partial charge in [0.15, 0.2) is 11.5 Å². The van der Waals surface area contributed by atoms with E-state index in [0.717, 1.165) is 25.0 Å². The zero-order valence-corrected chi connectivity index (χ0v) is 31.7. The minimum Gasteiger partial charge on any atom is -0.462 e. The lowest BCUT2D eigenvalue weighted by atomic mass is 9.91. The summed E-state index contributed by atoms with van der Waals surface area (Å²) in [6.07, 6.45) is 2.22. The molecule has 14 heteroatoms. The second kappa shape index (κ2) is 15.9. The van der Waals surface area contributed by atoms with Crippen molar-refractivity contribution in [2.45, 2.75) is 54.4 Å². The number of ether oxygens (including phenoxy) is 4. The van der Waals surface area contributed by atoms with E-state index in [2.05, 4.69) is 27.7 Å². The standard InChI is InChI=1S/C34H36Cl6O8/c1-13-7-19(13)17(5)15(3)11-45-31(41)25-27(39)21(35)9-23(37)29(25)47-33(43)34(44)48-30-24(38)10-22(36)28(40)26(30)32(42)46-12-16(4)18(6)20-8-14(20)2/h9-10,13-20H,7-8,11-12H2,1-6H3/t13-,14+,15?,16?,17?,18?,19?,20?. The van der Waals surface area contributed by atoms with E-state index in [9.17, 15) is 19.2 Å². The van der Waals surface area contributed by atoms with Gasteiger partial charge in [-0.25, -0.2) is 19.2 Å². The van der Waals surface area contributed by atoms with Crippen molar-refractivity contribution in [2.24, 2.45) is 47.3 Å². The molecule has 48 heavy (non-hydrogen) atoms. The van der Waals surface area contributed by atoms with Gasteiger partial charge >= 0.3 is 23.9 Å². The van der Waals surface area contributed by atoms with E-state index in [4.69, 9.17) is 88.6 Å². The lowest BCUT2D eigenvalue weighted by Gasteiger charge is -2.21. The molecule has 262 valence electrons. The van der Waals surface area contributed by atoms with Crippen molar-refractivity contribution in [3.05, 3.63) is 53.4 Å². The van der Waals surface area contributed by atoms with Gasteiger partial charge in [-0.05, 0) is 72.3 Å². The summed E-state index contributed by atoms with van der Waals surface area (Å²) >= 11 is 37.6. The van der Waals surface area contributed by atoms with Crippen molar-refractivity contribution in [3.63, 3.8) is 0 Å². The molecule has 2 aromatic carbocycles. The van der Waals surface area contributed by atoms with E-state index in [1.54, 1.807) is 0 Å². The van der Waals surface area contributed by atoms with Crippen LogP contribution in [-0.4, -0.2) is 37.1 Å². The highest BCUT2D eigenvalue weighted by atomic mass is 35.5. The summed E-state index contributed by atoms with van der Waals surface area (Å²) in [5.74, 6) is -3.45. The van der Waals surface area contributed by atoms with Crippen LogP contribution in [0.3, 0.4) is 0 Å². The highest BCUT2D eigenvalue weighted by Crippen LogP contribution is 2.48. The Morgan fingerprint density at radius 1 is 0.625 bits per heavy atom. The summed E-state index contributed by atoms with van der Waals surface area (Å²) in [6.45, 7) is 12.5. The minimum absolute atomic E-state index is 0.0173. The topological polar surface area (TPSA) is 105 Å². The molecular weight excluding hydrogens is 749 g/mol. The largest absolute Gasteiger partial charge is 0.462 e. The van der Waals surface area contributed by atoms with Gasteiger partial charge in [0.05, 0.1) is 43.3 Å². The fourth-order valence-corrected chi connectivity index (χ4v) is 7.30. The third-order valence-corrected chi connectivity index (χ3v) is 11.8. The van der Waals surface area contributed by atoms with E-state index in [1.807, 2.05) is 13.8 Å². The van der Waals surface area contributed by atoms with Crippen LogP contribution in [0.5, 0.6) is 11.5 Å². The summed E-state index contributed by atoms with van der Waals surface area (Å²) in [6, 6.07) is 2.26. The molecule has 2 aliphatic rings. The van der Waals surface area contributed by atoms with Gasteiger partial charge in [0.25, 0.3) is 0 Å². The molecule has 0 bridgehead atoms. The van der Waals surface area contributed by atoms with E-state index in [-0.39, 0.29) is 55.2 Å². The molecule has 2 aromatic rings. The zero-order valence-electron chi connectivity index (χ0n) is 27.1. The van der Waals surface area contributed by atoms with Gasteiger partial charge in [-0.15, -0.1) is 0 Å². The SMILES string of the molecule is CC(COC(=O)c1c(Cl)c(Cl)cc(Cl)c1OC(=O)C(=O)Oc1c(Cl)cc(Cl)c(Cl)c1C(=O)OCC(C)C(C)C1C[C@@H]1C)C(C)C1C[C@H]1C. The van der Waals surface area contributed by atoms with Crippen molar-refractivity contribution >= 4 is 93.5 Å². The van der Waals surface area contributed by atoms with Crippen LogP contribution in [-0.2, 0) is 19.1 Å². The Labute approximate surface area is 309 Å². The lowest BCUT2D eigenvalue weighted by Crippen LogP contribution is -2.28. The van der Waals surface area contributed by atoms with Gasteiger partial charge < -0.3 is 18.9 Å². The molecule has 0 amide bonds. The maximum absolute atomic E-state index is 13.2. The number of hydrogen-bond donors (Lipinski definition) is 0. The Bertz CT molecular complexity index is 1500. The average molecular weight is 785 g/mol. The Kier molecular flexibility index (Phi) is 12.9. The smallest absolute Gasteiger partial charge is 0.423 e. The fraction of sp³-hybridized carbons (Fsp3) is 0.529. The number of carbonyl (C=O) groups excluding carboxylic acids is 4. The molecule has 0 heterocycles. The molecule has 2 aliphatic carbocycles. The van der Waals surface area contributed by atoms with Crippen LogP contribution in [0.15, 0.2) is 12.1 Å². The quantitative estimate of drug-likeness (QED) is 0.0907. The summed E-state index contributed by atoms with van der Waals surface area (Å²) < 4.78 is 21.4. The molecule has 0 N–H and O–H groups in total. The van der Waals surface area contributed by atoms with Gasteiger partial charge in [0, 0.05) is 0 Å². The minimum atomic E-state index is -1.64. The highest BCUT2D eigenvalue weighted by molar-refractivity contribution is 6.47. The van der Waals surface area contributed by atoms with Crippen LogP contribution in [0.25, 0.3) is 0 Å². The maximum Gasteiger partial charge on any atom is 0.423 e. The Balaban J connectivity index is 1.51. The lowest BCUT2D eigenvalue weighted by molar-refractivity contribution is -0.156. The Morgan fingerprint density at radius 2 is 0.938 bits per heavy atom. The number of rotatable bonds is 12. The van der Waals surface area contributed by atoms with Gasteiger partial charge in [-0.2, -0.15) is 0 Å². The third-order valence-electron chi connectivity index (χ3n) is 9.66. The van der Waals surface area contributed by atoms with Crippen molar-refractivity contribution in [1.82, 2.24) is 0 Å². The summed E-state index contributed by atoms with van der Waals surface area (Å²) in [7, 11) is 0. The zero-order chi connectivity index (χ0) is 35.8. The summed E-state index contributed by atoms with van der Waals surface area (Å²) in [4.78, 5) is 52.5. The van der Waals surface area contributed by atoms with E-state index in [0.29, 0.717) is 35.5 Å². The predicted molar refractivity (Wildman–Crippen MR) is 186 cm³/mol. The first kappa shape index (κ1) is 38.9. The average Bonchev–Trinajstić information content (AvgIpc) is 3.95. The Morgan fingerprint density at radius 3 is 1.23 bits per heavy atom. The van der Waals surface area contributed by atoms with Crippen molar-refractivity contribution in [3.8, 4) is 11.5 Å². The van der Waals surface area contributed by atoms with E-state index >= 15 is 0 Å². The van der Waals surface area contributed by atoms with Crippen molar-refractivity contribution in [2.75, 3.05) is 13.2 Å². The predicted octanol–water partition coefficient (Wildman–Crippen LogP) is 10.3. The normalized spacial score (nSPS) is 22.2. The molecule has 6 unspecified atom stereocenters. The molecule has 0 aromatic heterocycles. The van der Waals surface area contributed by atoms with Crippen LogP contribution in [0.1, 0.15) is 75.1 Å². The van der Waals surface area contributed by atoms with Crippen LogP contribution >= 0.6 is 69.6 Å². The first-order valence-electron chi connectivity index (χ1n) is 15.6. The molecule has 8 nitrogen and oxygen atoms in total. The van der Waals surface area contributed by atoms with Crippen LogP contribution in [0, 0.1) is 47.3 Å². The van der Waals surface area contributed by atoms with E-state index in [1.165, 1.54) is 0 Å². The second-order valence-corrected chi connectivity index (χ2v) is 15.5. The molecule has 8 atom stereocenters. The highest BCUT2D eigenvalue weighted by Gasteiger charge is 2.41. The molecular formula is C34H36Cl6O8. The fourth-order valence-electron chi connectivity index (χ4n) is 5.86. The van der Waals surface area contributed by atoms with Crippen LogP contribution in [0.4, 0.5) is 0 Å². The van der Waals surface area contributed by atoms with Gasteiger partial charge in [-0.1, -0.05) is 111 Å². The van der Waals surface area contributed by atoms with Gasteiger partial charge in [0.1, 0.15) is 11.1 Å². The molecule has 2 saturated carbocycles. The number of halogens is 6. The van der Waals surface area contributed by atoms with Crippen LogP contribution in [0.2, 0.25) is 30.1 Å². The third kappa shape index (κ3) is 8.85. The maximum atomic E-state index is 13.2. The van der Waals surface area contributed by atoms with Crippen LogP contribution < -0.4 is 9.47 Å². The first-order valence-corrected chi connectivity index (χ1v) is 17.8. The number of benzene rings is 2. The summed E-state index contributed by atoms with van der Waals surface area (Å²) in [5.41, 5.74) is -0.925. The number of hydrogen-bond acceptors (Lipinski definition) is 8. The molecule has 0 aliphatic heterocycles. The molecule has 0 saturated heterocycles. The molecule has 0 radical (unpaired) electrons. The van der Waals surface area contributed by atoms with Gasteiger partial charge in [-0.3, -0.25) is 0 Å². The summed E-state index contributed by atoms with van der Waals surface area (Å²) in [5, 5.41) is -1.49.